The molecule has 0 fully saturated rings. The lowest BCUT2D eigenvalue weighted by atomic mass is 9.83. The van der Waals surface area contributed by atoms with Gasteiger partial charge in [0.15, 0.2) is 0 Å². The molecule has 0 spiro atoms. The summed E-state index contributed by atoms with van der Waals surface area (Å²) in [5, 5.41) is 8.05. The molecule has 0 aliphatic carbocycles. The number of fused-ring (bicyclic) bond motifs is 1. The van der Waals surface area contributed by atoms with E-state index in [0.717, 1.165) is 33.8 Å². The van der Waals surface area contributed by atoms with E-state index in [2.05, 4.69) is 5.32 Å². The number of anilines is 1. The number of nitrogens with zero attached hydrogens (tertiary/aromatic N) is 2. The van der Waals surface area contributed by atoms with Crippen molar-refractivity contribution in [1.29, 1.82) is 0 Å². The molecule has 172 valence electrons. The van der Waals surface area contributed by atoms with Crippen LogP contribution in [0, 0.1) is 0 Å². The third-order valence-corrected chi connectivity index (χ3v) is 6.09. The fourth-order valence-corrected chi connectivity index (χ4v) is 4.45. The van der Waals surface area contributed by atoms with Crippen molar-refractivity contribution < 1.29 is 19.0 Å². The first-order chi connectivity index (χ1) is 16.6. The quantitative estimate of drug-likeness (QED) is 0.441. The van der Waals surface area contributed by atoms with Gasteiger partial charge in [-0.05, 0) is 42.5 Å². The molecular weight excluding hydrogens is 430 g/mol. The minimum Gasteiger partial charge on any atom is -0.497 e. The maximum Gasteiger partial charge on any atom is 0.226 e. The Balaban J connectivity index is 1.76. The van der Waals surface area contributed by atoms with E-state index in [9.17, 15) is 4.79 Å². The predicted octanol–water partition coefficient (Wildman–Crippen LogP) is 5.04. The summed E-state index contributed by atoms with van der Waals surface area (Å²) in [7, 11) is 4.89. The molecule has 7 heteroatoms. The highest BCUT2D eigenvalue weighted by atomic mass is 16.5. The molecule has 1 N–H and O–H groups in total. The van der Waals surface area contributed by atoms with Gasteiger partial charge in [-0.25, -0.2) is 4.68 Å². The van der Waals surface area contributed by atoms with Crippen molar-refractivity contribution in [2.45, 2.75) is 12.3 Å². The van der Waals surface area contributed by atoms with Crippen LogP contribution in [-0.4, -0.2) is 37.0 Å². The Labute approximate surface area is 197 Å². The lowest BCUT2D eigenvalue weighted by molar-refractivity contribution is -0.116. The summed E-state index contributed by atoms with van der Waals surface area (Å²) in [4.78, 5) is 12.9. The summed E-state index contributed by atoms with van der Waals surface area (Å²) in [5.41, 5.74) is 4.41. The molecule has 0 saturated heterocycles. The number of benzene rings is 3. The van der Waals surface area contributed by atoms with E-state index < -0.39 is 0 Å². The van der Waals surface area contributed by atoms with E-state index in [1.165, 1.54) is 0 Å². The Morgan fingerprint density at radius 2 is 1.59 bits per heavy atom. The number of hydrogen-bond acceptors (Lipinski definition) is 5. The highest BCUT2D eigenvalue weighted by molar-refractivity contribution is 5.97. The molecule has 3 aromatic carbocycles. The molecule has 0 saturated carbocycles. The smallest absolute Gasteiger partial charge is 0.226 e. The number of carbonyl (C=O) groups is 1. The first-order valence-corrected chi connectivity index (χ1v) is 11.0. The van der Waals surface area contributed by atoms with Crippen LogP contribution in [0.1, 0.15) is 23.5 Å². The van der Waals surface area contributed by atoms with Crippen LogP contribution in [-0.2, 0) is 4.79 Å². The molecule has 2 heterocycles. The second-order valence-electron chi connectivity index (χ2n) is 8.00. The van der Waals surface area contributed by atoms with Crippen LogP contribution in [0.5, 0.6) is 17.2 Å². The Bertz CT molecular complexity index is 1330. The number of rotatable bonds is 6. The van der Waals surface area contributed by atoms with Gasteiger partial charge in [0.2, 0.25) is 5.91 Å². The van der Waals surface area contributed by atoms with E-state index in [0.29, 0.717) is 17.3 Å². The Kier molecular flexibility index (Phi) is 5.67. The van der Waals surface area contributed by atoms with Gasteiger partial charge in [-0.1, -0.05) is 30.3 Å². The number of nitrogens with one attached hydrogen (secondary N) is 1. The lowest BCUT2D eigenvalue weighted by Crippen LogP contribution is -2.25. The van der Waals surface area contributed by atoms with Crippen LogP contribution in [0.4, 0.5) is 5.82 Å². The minimum absolute atomic E-state index is 0.0864. The van der Waals surface area contributed by atoms with E-state index in [4.69, 9.17) is 19.3 Å². The zero-order valence-corrected chi connectivity index (χ0v) is 19.2. The second kappa shape index (κ2) is 8.94. The van der Waals surface area contributed by atoms with Gasteiger partial charge >= 0.3 is 0 Å². The van der Waals surface area contributed by atoms with Gasteiger partial charge in [0.05, 0.1) is 32.7 Å². The first kappa shape index (κ1) is 21.6. The standard InChI is InChI=1S/C27H25N3O4/c1-32-19-11-9-18(10-12-19)30-27-25(26(29-30)17-7-5-4-6-8-17)22(16-24(31)28-27)21-15-20(33-2)13-14-23(21)34-3/h4-15,22H,16H2,1-3H3,(H,28,31)/t22-/m1/s1. The van der Waals surface area contributed by atoms with Crippen molar-refractivity contribution in [3.63, 3.8) is 0 Å². The van der Waals surface area contributed by atoms with Crippen molar-refractivity contribution in [3.8, 4) is 34.2 Å². The minimum atomic E-state index is -0.268. The van der Waals surface area contributed by atoms with Crippen LogP contribution in [0.15, 0.2) is 72.8 Å². The number of aromatic nitrogens is 2. The molecule has 0 radical (unpaired) electrons. The maximum absolute atomic E-state index is 12.9. The van der Waals surface area contributed by atoms with Gasteiger partial charge in [-0.3, -0.25) is 4.79 Å². The summed E-state index contributed by atoms with van der Waals surface area (Å²) in [6.07, 6.45) is 0.269. The molecule has 7 nitrogen and oxygen atoms in total. The molecule has 1 aromatic heterocycles. The van der Waals surface area contributed by atoms with Gasteiger partial charge in [0.1, 0.15) is 23.1 Å². The fourth-order valence-electron chi connectivity index (χ4n) is 4.45. The summed E-state index contributed by atoms with van der Waals surface area (Å²) < 4.78 is 18.3. The van der Waals surface area contributed by atoms with Crippen LogP contribution >= 0.6 is 0 Å². The van der Waals surface area contributed by atoms with Gasteiger partial charge in [0, 0.05) is 29.0 Å². The summed E-state index contributed by atoms with van der Waals surface area (Å²) in [6.45, 7) is 0. The topological polar surface area (TPSA) is 74.6 Å². The molecule has 0 unspecified atom stereocenters. The van der Waals surface area contributed by atoms with E-state index in [-0.39, 0.29) is 18.2 Å². The first-order valence-electron chi connectivity index (χ1n) is 11.0. The molecule has 34 heavy (non-hydrogen) atoms. The van der Waals surface area contributed by atoms with E-state index in [1.54, 1.807) is 26.0 Å². The molecule has 4 aromatic rings. The molecule has 1 atom stereocenters. The van der Waals surface area contributed by atoms with Crippen molar-refractivity contribution in [2.24, 2.45) is 0 Å². The molecule has 1 aliphatic rings. The third-order valence-electron chi connectivity index (χ3n) is 6.09. The SMILES string of the molecule is COc1ccc(-n2nc(-c3ccccc3)c3c2NC(=O)C[C@@H]3c2cc(OC)ccc2OC)cc1. The van der Waals surface area contributed by atoms with Gasteiger partial charge in [-0.2, -0.15) is 5.10 Å². The summed E-state index contributed by atoms with van der Waals surface area (Å²) >= 11 is 0. The fraction of sp³-hybridized carbons (Fsp3) is 0.185. The van der Waals surface area contributed by atoms with Crippen LogP contribution in [0.2, 0.25) is 0 Å². The monoisotopic (exact) mass is 455 g/mol. The highest BCUT2D eigenvalue weighted by Gasteiger charge is 2.36. The maximum atomic E-state index is 12.9. The third kappa shape index (κ3) is 3.75. The van der Waals surface area contributed by atoms with Crippen molar-refractivity contribution >= 4 is 11.7 Å². The molecule has 5 rings (SSSR count). The zero-order valence-electron chi connectivity index (χ0n) is 19.2. The van der Waals surface area contributed by atoms with Crippen molar-refractivity contribution in [1.82, 2.24) is 9.78 Å². The lowest BCUT2D eigenvalue weighted by Gasteiger charge is -2.26. The number of methoxy groups -OCH3 is 3. The molecule has 1 aliphatic heterocycles. The average Bonchev–Trinajstić information content (AvgIpc) is 3.27. The Morgan fingerprint density at radius 1 is 0.882 bits per heavy atom. The number of amides is 1. The van der Waals surface area contributed by atoms with Crippen LogP contribution < -0.4 is 19.5 Å². The number of carbonyl (C=O) groups excluding carboxylic acids is 1. The molecule has 0 bridgehead atoms. The summed E-state index contributed by atoms with van der Waals surface area (Å²) in [6, 6.07) is 23.2. The van der Waals surface area contributed by atoms with Crippen molar-refractivity contribution in [3.05, 3.63) is 83.9 Å². The van der Waals surface area contributed by atoms with Gasteiger partial charge < -0.3 is 19.5 Å². The Morgan fingerprint density at radius 3 is 2.26 bits per heavy atom. The molecular formula is C27H25N3O4. The van der Waals surface area contributed by atoms with E-state index >= 15 is 0 Å². The van der Waals surface area contributed by atoms with Gasteiger partial charge in [0.25, 0.3) is 0 Å². The largest absolute Gasteiger partial charge is 0.497 e. The second-order valence-corrected chi connectivity index (χ2v) is 8.00. The average molecular weight is 456 g/mol. The van der Waals surface area contributed by atoms with Crippen LogP contribution in [0.3, 0.4) is 0 Å². The van der Waals surface area contributed by atoms with E-state index in [1.807, 2.05) is 72.8 Å². The normalized spacial score (nSPS) is 14.8. The van der Waals surface area contributed by atoms with Crippen molar-refractivity contribution in [2.75, 3.05) is 26.6 Å². The Hall–Kier alpha value is -4.26. The highest BCUT2D eigenvalue weighted by Crippen LogP contribution is 2.46. The zero-order chi connectivity index (χ0) is 23.7. The predicted molar refractivity (Wildman–Crippen MR) is 130 cm³/mol. The summed E-state index contributed by atoms with van der Waals surface area (Å²) in [5.74, 6) is 2.44. The van der Waals surface area contributed by atoms with Crippen LogP contribution in [0.25, 0.3) is 16.9 Å². The van der Waals surface area contributed by atoms with Gasteiger partial charge in [-0.15, -0.1) is 0 Å². The number of hydrogen-bond donors (Lipinski definition) is 1. The molecule has 1 amide bonds. The number of ether oxygens (including phenoxy) is 3.